The van der Waals surface area contributed by atoms with Gasteiger partial charge in [0.25, 0.3) is 0 Å². The average molecular weight is 410 g/mol. The zero-order valence-corrected chi connectivity index (χ0v) is 18.7. The summed E-state index contributed by atoms with van der Waals surface area (Å²) < 4.78 is 6.17. The van der Waals surface area contributed by atoms with Crippen LogP contribution in [0.3, 0.4) is 0 Å². The second-order valence-electron chi connectivity index (χ2n) is 10.9. The molecule has 0 bridgehead atoms. The van der Waals surface area contributed by atoms with E-state index < -0.39 is 0 Å². The number of carbonyl (C=O) groups is 2. The summed E-state index contributed by atoms with van der Waals surface area (Å²) in [7, 11) is 1.95. The molecule has 0 spiro atoms. The van der Waals surface area contributed by atoms with E-state index in [1.54, 1.807) is 0 Å². The van der Waals surface area contributed by atoms with E-state index in [4.69, 9.17) is 4.74 Å². The molecule has 0 aromatic rings. The lowest BCUT2D eigenvalue weighted by molar-refractivity contribution is -0.155. The Kier molecular flexibility index (Phi) is 4.75. The van der Waals surface area contributed by atoms with Crippen molar-refractivity contribution in [2.45, 2.75) is 77.7 Å². The normalized spacial score (nSPS) is 42.6. The quantitative estimate of drug-likeness (QED) is 0.591. The van der Waals surface area contributed by atoms with E-state index in [0.29, 0.717) is 36.4 Å². The summed E-state index contributed by atoms with van der Waals surface area (Å²) in [6.07, 6.45) is 17.1. The maximum Gasteiger partial charge on any atom is 0.336 e. The van der Waals surface area contributed by atoms with Crippen molar-refractivity contribution >= 4 is 11.8 Å². The molecule has 0 amide bonds. The summed E-state index contributed by atoms with van der Waals surface area (Å²) in [5.74, 6) is 2.20. The van der Waals surface area contributed by atoms with Gasteiger partial charge in [-0.05, 0) is 80.4 Å². The van der Waals surface area contributed by atoms with E-state index in [1.807, 2.05) is 36.5 Å². The van der Waals surface area contributed by atoms with Gasteiger partial charge in [-0.25, -0.2) is 4.79 Å². The summed E-state index contributed by atoms with van der Waals surface area (Å²) in [5.41, 5.74) is 2.48. The predicted molar refractivity (Wildman–Crippen MR) is 116 cm³/mol. The number of rotatable bonds is 2. The number of esters is 1. The van der Waals surface area contributed by atoms with Crippen LogP contribution in [0.1, 0.15) is 71.6 Å². The SMILES string of the molecule is CN1C=CCC(C(=O)O[C@H]2CC[C@H]3[C@@H]4CCC5=CC(=O)CC[C@]5(C)[C@H]4CC[C@]23C)=C1. The third kappa shape index (κ3) is 3.01. The maximum absolute atomic E-state index is 12.9. The summed E-state index contributed by atoms with van der Waals surface area (Å²) in [5, 5.41) is 0. The molecule has 6 atom stereocenters. The molecule has 4 nitrogen and oxygen atoms in total. The Morgan fingerprint density at radius 2 is 1.93 bits per heavy atom. The Hall–Kier alpha value is -1.84. The minimum atomic E-state index is -0.133. The maximum atomic E-state index is 12.9. The van der Waals surface area contributed by atoms with Gasteiger partial charge >= 0.3 is 5.97 Å². The summed E-state index contributed by atoms with van der Waals surface area (Å²) in [4.78, 5) is 26.8. The van der Waals surface area contributed by atoms with Crippen molar-refractivity contribution in [3.63, 3.8) is 0 Å². The lowest BCUT2D eigenvalue weighted by Crippen LogP contribution is -2.51. The number of ether oxygens (including phenoxy) is 1. The van der Waals surface area contributed by atoms with Crippen LogP contribution in [-0.2, 0) is 14.3 Å². The average Bonchev–Trinajstić information content (AvgIpc) is 3.05. The molecular formula is C26H35NO3. The molecule has 3 fully saturated rings. The molecule has 0 unspecified atom stereocenters. The molecule has 5 aliphatic rings. The highest BCUT2D eigenvalue weighted by molar-refractivity contribution is 5.91. The van der Waals surface area contributed by atoms with Gasteiger partial charge in [0.05, 0.1) is 5.57 Å². The Morgan fingerprint density at radius 3 is 2.73 bits per heavy atom. The lowest BCUT2D eigenvalue weighted by Gasteiger charge is -2.57. The fraction of sp³-hybridized carbons (Fsp3) is 0.692. The summed E-state index contributed by atoms with van der Waals surface area (Å²) >= 11 is 0. The van der Waals surface area contributed by atoms with Crippen LogP contribution >= 0.6 is 0 Å². The molecule has 0 saturated heterocycles. The van der Waals surface area contributed by atoms with Crippen molar-refractivity contribution < 1.29 is 14.3 Å². The van der Waals surface area contributed by atoms with E-state index in [0.717, 1.165) is 31.3 Å². The highest BCUT2D eigenvalue weighted by Gasteiger charge is 2.60. The highest BCUT2D eigenvalue weighted by Crippen LogP contribution is 2.65. The minimum absolute atomic E-state index is 0.0331. The van der Waals surface area contributed by atoms with E-state index in [9.17, 15) is 9.59 Å². The molecule has 0 aromatic heterocycles. The fourth-order valence-electron chi connectivity index (χ4n) is 7.73. The molecule has 0 aromatic carbocycles. The van der Waals surface area contributed by atoms with Crippen molar-refractivity contribution in [2.75, 3.05) is 7.05 Å². The lowest BCUT2D eigenvalue weighted by atomic mass is 9.47. The van der Waals surface area contributed by atoms with E-state index in [-0.39, 0.29) is 22.9 Å². The van der Waals surface area contributed by atoms with Crippen LogP contribution < -0.4 is 0 Å². The third-order valence-corrected chi connectivity index (χ3v) is 9.42. The highest BCUT2D eigenvalue weighted by atomic mass is 16.5. The standard InChI is InChI=1S/C26H35NO3/c1-25-12-10-19(28)15-18(25)6-7-20-21-8-9-23(26(21,2)13-11-22(20)25)30-24(29)17-5-4-14-27(3)16-17/h4,14-16,20-23H,5-13H2,1-3H3/t20-,21-,22-,23-,25-,26-/m0/s1. The molecule has 1 heterocycles. The number of fused-ring (bicyclic) bond motifs is 5. The zero-order valence-electron chi connectivity index (χ0n) is 18.7. The molecule has 0 radical (unpaired) electrons. The third-order valence-electron chi connectivity index (χ3n) is 9.42. The molecule has 3 saturated carbocycles. The van der Waals surface area contributed by atoms with Crippen LogP contribution in [0.4, 0.5) is 0 Å². The van der Waals surface area contributed by atoms with Gasteiger partial charge < -0.3 is 9.64 Å². The van der Waals surface area contributed by atoms with Gasteiger partial charge in [-0.3, -0.25) is 4.79 Å². The number of nitrogens with zero attached hydrogens (tertiary/aromatic N) is 1. The minimum Gasteiger partial charge on any atom is -0.458 e. The molecule has 0 N–H and O–H groups in total. The first-order chi connectivity index (χ1) is 14.3. The van der Waals surface area contributed by atoms with E-state index >= 15 is 0 Å². The van der Waals surface area contributed by atoms with Gasteiger partial charge in [-0.2, -0.15) is 0 Å². The van der Waals surface area contributed by atoms with Gasteiger partial charge in [0, 0.05) is 31.5 Å². The van der Waals surface area contributed by atoms with Crippen LogP contribution in [0, 0.1) is 28.6 Å². The first kappa shape index (κ1) is 20.1. The van der Waals surface area contributed by atoms with Crippen LogP contribution in [0.5, 0.6) is 0 Å². The van der Waals surface area contributed by atoms with Crippen molar-refractivity contribution in [3.05, 3.63) is 35.7 Å². The van der Waals surface area contributed by atoms with Crippen LogP contribution in [-0.4, -0.2) is 29.8 Å². The van der Waals surface area contributed by atoms with Crippen molar-refractivity contribution in [2.24, 2.45) is 28.6 Å². The topological polar surface area (TPSA) is 46.6 Å². The predicted octanol–water partition coefficient (Wildman–Crippen LogP) is 5.16. The summed E-state index contributed by atoms with van der Waals surface area (Å²) in [6, 6.07) is 0. The van der Waals surface area contributed by atoms with Gasteiger partial charge in [-0.15, -0.1) is 0 Å². The van der Waals surface area contributed by atoms with Gasteiger partial charge in [0.1, 0.15) is 6.10 Å². The van der Waals surface area contributed by atoms with E-state index in [2.05, 4.69) is 13.8 Å². The number of hydrogen-bond acceptors (Lipinski definition) is 4. The van der Waals surface area contributed by atoms with Gasteiger partial charge in [-0.1, -0.05) is 25.5 Å². The van der Waals surface area contributed by atoms with Crippen molar-refractivity contribution in [1.82, 2.24) is 4.90 Å². The zero-order chi connectivity index (χ0) is 21.1. The van der Waals surface area contributed by atoms with Crippen molar-refractivity contribution in [1.29, 1.82) is 0 Å². The number of ketones is 1. The largest absolute Gasteiger partial charge is 0.458 e. The summed E-state index contributed by atoms with van der Waals surface area (Å²) in [6.45, 7) is 4.81. The molecule has 1 aliphatic heterocycles. The smallest absolute Gasteiger partial charge is 0.336 e. The van der Waals surface area contributed by atoms with Crippen LogP contribution in [0.15, 0.2) is 35.7 Å². The molecule has 30 heavy (non-hydrogen) atoms. The molecule has 4 aliphatic carbocycles. The monoisotopic (exact) mass is 409 g/mol. The van der Waals surface area contributed by atoms with Crippen molar-refractivity contribution in [3.8, 4) is 0 Å². The molecule has 4 heteroatoms. The van der Waals surface area contributed by atoms with E-state index in [1.165, 1.54) is 24.8 Å². The first-order valence-electron chi connectivity index (χ1n) is 11.9. The fourth-order valence-corrected chi connectivity index (χ4v) is 7.73. The number of allylic oxidation sites excluding steroid dienone is 2. The van der Waals surface area contributed by atoms with Gasteiger partial charge in [0.2, 0.25) is 0 Å². The Labute approximate surface area is 180 Å². The Balaban J connectivity index is 1.34. The molecule has 5 rings (SSSR count). The first-order valence-corrected chi connectivity index (χ1v) is 11.9. The Morgan fingerprint density at radius 1 is 1.10 bits per heavy atom. The Bertz CT molecular complexity index is 854. The number of carbonyl (C=O) groups excluding carboxylic acids is 2. The number of hydrogen-bond donors (Lipinski definition) is 0. The second-order valence-corrected chi connectivity index (χ2v) is 10.9. The molecular weight excluding hydrogens is 374 g/mol. The molecule has 162 valence electrons. The van der Waals surface area contributed by atoms with Crippen LogP contribution in [0.25, 0.3) is 0 Å². The second kappa shape index (κ2) is 7.10. The van der Waals surface area contributed by atoms with Crippen LogP contribution in [0.2, 0.25) is 0 Å². The van der Waals surface area contributed by atoms with Gasteiger partial charge in [0.15, 0.2) is 5.78 Å².